The van der Waals surface area contributed by atoms with Crippen LogP contribution in [0.2, 0.25) is 0 Å². The van der Waals surface area contributed by atoms with E-state index in [1.165, 1.54) is 5.56 Å². The van der Waals surface area contributed by atoms with Crippen LogP contribution in [0.1, 0.15) is 42.8 Å². The van der Waals surface area contributed by atoms with Gasteiger partial charge in [-0.15, -0.1) is 0 Å². The highest BCUT2D eigenvalue weighted by molar-refractivity contribution is 5.74. The summed E-state index contributed by atoms with van der Waals surface area (Å²) in [6.45, 7) is 2.45. The minimum absolute atomic E-state index is 0.0786. The van der Waals surface area contributed by atoms with Gasteiger partial charge in [0.25, 0.3) is 0 Å². The summed E-state index contributed by atoms with van der Waals surface area (Å²) in [5, 5.41) is 0. The maximum absolute atomic E-state index is 11.8. The summed E-state index contributed by atoms with van der Waals surface area (Å²) >= 11 is 0. The second-order valence-corrected chi connectivity index (χ2v) is 5.42. The van der Waals surface area contributed by atoms with Crippen molar-refractivity contribution >= 4 is 5.91 Å². The van der Waals surface area contributed by atoms with E-state index < -0.39 is 0 Å². The van der Waals surface area contributed by atoms with Gasteiger partial charge in [0.05, 0.1) is 17.4 Å². The number of nitrogens with zero attached hydrogens (tertiary/aromatic N) is 3. The van der Waals surface area contributed by atoms with E-state index in [1.807, 2.05) is 23.1 Å². The first kappa shape index (κ1) is 13.7. The Kier molecular flexibility index (Phi) is 3.95. The van der Waals surface area contributed by atoms with Gasteiger partial charge < -0.3 is 4.90 Å². The fourth-order valence-electron chi connectivity index (χ4n) is 3.01. The largest absolute Gasteiger partial charge is 0.334 e. The summed E-state index contributed by atoms with van der Waals surface area (Å²) in [7, 11) is 0. The van der Waals surface area contributed by atoms with Gasteiger partial charge >= 0.3 is 0 Å². The zero-order valence-electron chi connectivity index (χ0n) is 12.2. The van der Waals surface area contributed by atoms with Crippen LogP contribution >= 0.6 is 0 Å². The Bertz CT molecular complexity index is 627. The molecule has 0 spiro atoms. The molecule has 1 amide bonds. The fraction of sp³-hybridized carbons (Fsp3) is 0.353. The lowest BCUT2D eigenvalue weighted by molar-refractivity contribution is -0.129. The van der Waals surface area contributed by atoms with Crippen molar-refractivity contribution in [3.05, 3.63) is 59.7 Å². The Morgan fingerprint density at radius 1 is 1.24 bits per heavy atom. The first-order chi connectivity index (χ1) is 10.3. The molecule has 1 aliphatic heterocycles. The molecule has 4 heteroatoms. The molecule has 21 heavy (non-hydrogen) atoms. The highest BCUT2D eigenvalue weighted by Crippen LogP contribution is 2.32. The minimum atomic E-state index is 0.0786. The predicted molar refractivity (Wildman–Crippen MR) is 80.6 cm³/mol. The van der Waals surface area contributed by atoms with Crippen LogP contribution in [-0.4, -0.2) is 27.3 Å². The van der Waals surface area contributed by atoms with Crippen LogP contribution in [0.5, 0.6) is 0 Å². The SMILES string of the molecule is CC(=O)N1CCCC1c1nccnc1Cc1ccccc1. The van der Waals surface area contributed by atoms with Crippen molar-refractivity contribution in [3.8, 4) is 0 Å². The second kappa shape index (κ2) is 6.04. The molecule has 2 heterocycles. The molecule has 1 atom stereocenters. The molecule has 0 radical (unpaired) electrons. The van der Waals surface area contributed by atoms with Crippen LogP contribution in [0.15, 0.2) is 42.7 Å². The molecule has 1 aromatic carbocycles. The molecular weight excluding hydrogens is 262 g/mol. The highest BCUT2D eigenvalue weighted by atomic mass is 16.2. The summed E-state index contributed by atoms with van der Waals surface area (Å²) in [6, 6.07) is 10.3. The van der Waals surface area contributed by atoms with Gasteiger partial charge in [0, 0.05) is 32.3 Å². The van der Waals surface area contributed by atoms with E-state index in [0.717, 1.165) is 37.2 Å². The molecule has 1 fully saturated rings. The van der Waals surface area contributed by atoms with Gasteiger partial charge in [-0.2, -0.15) is 0 Å². The number of aromatic nitrogens is 2. The number of carbonyl (C=O) groups is 1. The van der Waals surface area contributed by atoms with Crippen molar-refractivity contribution in [1.29, 1.82) is 0 Å². The van der Waals surface area contributed by atoms with Crippen LogP contribution in [0.25, 0.3) is 0 Å². The topological polar surface area (TPSA) is 46.1 Å². The van der Waals surface area contributed by atoms with Crippen LogP contribution in [0, 0.1) is 0 Å². The monoisotopic (exact) mass is 281 g/mol. The number of hydrogen-bond donors (Lipinski definition) is 0. The standard InChI is InChI=1S/C17H19N3O/c1-13(21)20-11-5-8-16(20)17-15(18-9-10-19-17)12-14-6-3-2-4-7-14/h2-4,6-7,9-10,16H,5,8,11-12H2,1H3. The lowest BCUT2D eigenvalue weighted by Crippen LogP contribution is -2.29. The highest BCUT2D eigenvalue weighted by Gasteiger charge is 2.30. The molecule has 4 nitrogen and oxygen atoms in total. The summed E-state index contributed by atoms with van der Waals surface area (Å²) < 4.78 is 0. The third kappa shape index (κ3) is 2.94. The molecule has 1 aliphatic rings. The Labute approximate surface area is 124 Å². The predicted octanol–water partition coefficient (Wildman–Crippen LogP) is 2.75. The first-order valence-electron chi connectivity index (χ1n) is 7.36. The van der Waals surface area contributed by atoms with E-state index in [4.69, 9.17) is 0 Å². The van der Waals surface area contributed by atoms with Crippen molar-refractivity contribution in [3.63, 3.8) is 0 Å². The number of likely N-dealkylation sites (tertiary alicyclic amines) is 1. The number of carbonyl (C=O) groups excluding carboxylic acids is 1. The molecule has 0 aliphatic carbocycles. The fourth-order valence-corrected chi connectivity index (χ4v) is 3.01. The van der Waals surface area contributed by atoms with E-state index in [2.05, 4.69) is 22.1 Å². The Morgan fingerprint density at radius 3 is 2.76 bits per heavy atom. The third-order valence-electron chi connectivity index (χ3n) is 3.99. The minimum Gasteiger partial charge on any atom is -0.334 e. The molecule has 2 aromatic rings. The smallest absolute Gasteiger partial charge is 0.220 e. The van der Waals surface area contributed by atoms with Crippen molar-refractivity contribution in [2.45, 2.75) is 32.2 Å². The van der Waals surface area contributed by atoms with E-state index in [0.29, 0.717) is 0 Å². The molecule has 108 valence electrons. The summed E-state index contributed by atoms with van der Waals surface area (Å²) in [5.41, 5.74) is 3.14. The van der Waals surface area contributed by atoms with Gasteiger partial charge in [-0.05, 0) is 18.4 Å². The van der Waals surface area contributed by atoms with E-state index in [-0.39, 0.29) is 11.9 Å². The first-order valence-corrected chi connectivity index (χ1v) is 7.36. The molecule has 3 rings (SSSR count). The molecular formula is C17H19N3O. The van der Waals surface area contributed by atoms with Crippen molar-refractivity contribution in [1.82, 2.24) is 14.9 Å². The van der Waals surface area contributed by atoms with Gasteiger partial charge in [-0.25, -0.2) is 0 Å². The van der Waals surface area contributed by atoms with Gasteiger partial charge in [0.2, 0.25) is 5.91 Å². The second-order valence-electron chi connectivity index (χ2n) is 5.42. The van der Waals surface area contributed by atoms with Gasteiger partial charge in [-0.3, -0.25) is 14.8 Å². The van der Waals surface area contributed by atoms with Crippen LogP contribution in [0.3, 0.4) is 0 Å². The lowest BCUT2D eigenvalue weighted by atomic mass is 10.0. The number of rotatable bonds is 3. The van der Waals surface area contributed by atoms with Gasteiger partial charge in [0.15, 0.2) is 0 Å². The molecule has 0 bridgehead atoms. The lowest BCUT2D eigenvalue weighted by Gasteiger charge is -2.24. The third-order valence-corrected chi connectivity index (χ3v) is 3.99. The number of amides is 1. The molecule has 1 aromatic heterocycles. The Morgan fingerprint density at radius 2 is 2.00 bits per heavy atom. The molecule has 1 saturated heterocycles. The number of hydrogen-bond acceptors (Lipinski definition) is 3. The van der Waals surface area contributed by atoms with Crippen molar-refractivity contribution in [2.24, 2.45) is 0 Å². The van der Waals surface area contributed by atoms with Gasteiger partial charge in [-0.1, -0.05) is 30.3 Å². The van der Waals surface area contributed by atoms with E-state index in [9.17, 15) is 4.79 Å². The van der Waals surface area contributed by atoms with Crippen LogP contribution < -0.4 is 0 Å². The van der Waals surface area contributed by atoms with Crippen LogP contribution in [-0.2, 0) is 11.2 Å². The Balaban J connectivity index is 1.91. The maximum Gasteiger partial charge on any atom is 0.220 e. The van der Waals surface area contributed by atoms with E-state index in [1.54, 1.807) is 19.3 Å². The van der Waals surface area contributed by atoms with E-state index >= 15 is 0 Å². The summed E-state index contributed by atoms with van der Waals surface area (Å²) in [5.74, 6) is 0.119. The van der Waals surface area contributed by atoms with Crippen molar-refractivity contribution in [2.75, 3.05) is 6.54 Å². The molecule has 0 N–H and O–H groups in total. The normalized spacial score (nSPS) is 18.0. The zero-order valence-corrected chi connectivity index (χ0v) is 12.2. The summed E-state index contributed by atoms with van der Waals surface area (Å²) in [4.78, 5) is 22.7. The van der Waals surface area contributed by atoms with Crippen molar-refractivity contribution < 1.29 is 4.79 Å². The summed E-state index contributed by atoms with van der Waals surface area (Å²) in [6.07, 6.45) is 6.22. The maximum atomic E-state index is 11.8. The zero-order chi connectivity index (χ0) is 14.7. The molecule has 1 unspecified atom stereocenters. The Hall–Kier alpha value is -2.23. The van der Waals surface area contributed by atoms with Gasteiger partial charge in [0.1, 0.15) is 0 Å². The number of benzene rings is 1. The quantitative estimate of drug-likeness (QED) is 0.869. The average Bonchev–Trinajstić information content (AvgIpc) is 2.98. The molecule has 0 saturated carbocycles. The van der Waals surface area contributed by atoms with Crippen LogP contribution in [0.4, 0.5) is 0 Å². The average molecular weight is 281 g/mol.